The molecule has 0 aromatic heterocycles. The van der Waals surface area contributed by atoms with Crippen LogP contribution >= 0.6 is 0 Å². The maximum atomic E-state index is 11.5. The number of aliphatic hydroxyl groups excluding tert-OH is 2. The summed E-state index contributed by atoms with van der Waals surface area (Å²) in [5.74, 6) is 4.21. The summed E-state index contributed by atoms with van der Waals surface area (Å²) in [6.45, 7) is 7.64. The molecule has 0 radical (unpaired) electrons. The van der Waals surface area contributed by atoms with Gasteiger partial charge >= 0.3 is 0 Å². The largest absolute Gasteiger partial charge is 0.396 e. The van der Waals surface area contributed by atoms with Gasteiger partial charge in [-0.3, -0.25) is 0 Å². The minimum absolute atomic E-state index is 0.0876. The molecular weight excluding hydrogens is 334 g/mol. The SMILES string of the molecule is CC(CCCO)[C@H]1CCC2C3CC[C@@H]4C[C@@H](N)CC[C@]4(C)C3C[C@H](O)[C@@]21C. The molecule has 4 unspecified atom stereocenters. The molecule has 4 fully saturated rings. The van der Waals surface area contributed by atoms with Crippen molar-refractivity contribution in [3.8, 4) is 0 Å². The first kappa shape index (κ1) is 20.2. The second kappa shape index (κ2) is 7.29. The van der Waals surface area contributed by atoms with Gasteiger partial charge in [-0.1, -0.05) is 20.8 Å². The molecule has 0 saturated heterocycles. The average Bonchev–Trinajstić information content (AvgIpc) is 3.00. The molecule has 0 amide bonds. The zero-order chi connectivity index (χ0) is 19.4. The van der Waals surface area contributed by atoms with E-state index in [0.717, 1.165) is 31.1 Å². The summed E-state index contributed by atoms with van der Waals surface area (Å²) in [6, 6.07) is 0.404. The van der Waals surface area contributed by atoms with Crippen molar-refractivity contribution >= 4 is 0 Å². The first-order chi connectivity index (χ1) is 12.8. The van der Waals surface area contributed by atoms with Gasteiger partial charge in [-0.25, -0.2) is 0 Å². The van der Waals surface area contributed by atoms with E-state index in [9.17, 15) is 10.2 Å². The quantitative estimate of drug-likeness (QED) is 0.682. The molecule has 4 rings (SSSR count). The van der Waals surface area contributed by atoms with E-state index in [1.807, 2.05) is 0 Å². The monoisotopic (exact) mass is 377 g/mol. The van der Waals surface area contributed by atoms with Gasteiger partial charge in [-0.15, -0.1) is 0 Å². The van der Waals surface area contributed by atoms with Gasteiger partial charge in [-0.05, 0) is 111 Å². The Morgan fingerprint density at radius 2 is 1.81 bits per heavy atom. The molecule has 4 aliphatic rings. The summed E-state index contributed by atoms with van der Waals surface area (Å²) in [6.07, 6.45) is 11.8. The van der Waals surface area contributed by atoms with Crippen LogP contribution < -0.4 is 5.73 Å². The van der Waals surface area contributed by atoms with Crippen LogP contribution in [0.4, 0.5) is 0 Å². The number of aliphatic hydroxyl groups is 2. The van der Waals surface area contributed by atoms with E-state index in [1.54, 1.807) is 0 Å². The molecule has 10 atom stereocenters. The van der Waals surface area contributed by atoms with Crippen LogP contribution in [0.2, 0.25) is 0 Å². The molecule has 27 heavy (non-hydrogen) atoms. The van der Waals surface area contributed by atoms with Crippen LogP contribution in [0.3, 0.4) is 0 Å². The molecule has 0 aromatic carbocycles. The Morgan fingerprint density at radius 3 is 2.56 bits per heavy atom. The molecule has 0 aromatic rings. The van der Waals surface area contributed by atoms with Crippen molar-refractivity contribution in [1.29, 1.82) is 0 Å². The predicted octanol–water partition coefficient (Wildman–Crippen LogP) is 4.35. The molecule has 0 heterocycles. The Balaban J connectivity index is 1.58. The summed E-state index contributed by atoms with van der Waals surface area (Å²) in [7, 11) is 0. The standard InChI is InChI=1S/C24H43NO2/c1-15(5-4-12-26)19-8-9-20-18-7-6-16-13-17(25)10-11-23(16,2)21(18)14-22(27)24(19,20)3/h15-22,26-27H,4-14,25H2,1-3H3/t15?,16-,17+,18?,19-,20?,21?,22+,23+,24-/m1/s1. The predicted molar refractivity (Wildman–Crippen MR) is 110 cm³/mol. The Kier molecular flexibility index (Phi) is 5.44. The summed E-state index contributed by atoms with van der Waals surface area (Å²) in [5.41, 5.74) is 6.82. The fraction of sp³-hybridized carbons (Fsp3) is 1.00. The highest BCUT2D eigenvalue weighted by atomic mass is 16.3. The lowest BCUT2D eigenvalue weighted by Crippen LogP contribution is -2.59. The van der Waals surface area contributed by atoms with Gasteiger partial charge in [0.25, 0.3) is 0 Å². The Hall–Kier alpha value is -0.120. The molecule has 0 spiro atoms. The van der Waals surface area contributed by atoms with E-state index >= 15 is 0 Å². The van der Waals surface area contributed by atoms with Crippen molar-refractivity contribution in [2.75, 3.05) is 6.61 Å². The van der Waals surface area contributed by atoms with Crippen molar-refractivity contribution < 1.29 is 10.2 Å². The molecular formula is C24H43NO2. The molecule has 4 N–H and O–H groups in total. The Morgan fingerprint density at radius 1 is 1.04 bits per heavy atom. The van der Waals surface area contributed by atoms with Crippen LogP contribution in [0.25, 0.3) is 0 Å². The third-order valence-corrected chi connectivity index (χ3v) is 10.4. The van der Waals surface area contributed by atoms with E-state index < -0.39 is 0 Å². The van der Waals surface area contributed by atoms with Gasteiger partial charge in [-0.2, -0.15) is 0 Å². The minimum Gasteiger partial charge on any atom is -0.396 e. The highest BCUT2D eigenvalue weighted by molar-refractivity contribution is 5.12. The lowest BCUT2D eigenvalue weighted by atomic mass is 9.43. The number of fused-ring (bicyclic) bond motifs is 5. The van der Waals surface area contributed by atoms with E-state index in [2.05, 4.69) is 20.8 Å². The fourth-order valence-electron chi connectivity index (χ4n) is 8.83. The highest BCUT2D eigenvalue weighted by Gasteiger charge is 2.63. The fourth-order valence-corrected chi connectivity index (χ4v) is 8.83. The topological polar surface area (TPSA) is 66.5 Å². The third kappa shape index (κ3) is 3.02. The number of nitrogens with two attached hydrogens (primary N) is 1. The smallest absolute Gasteiger partial charge is 0.0602 e. The van der Waals surface area contributed by atoms with Crippen LogP contribution in [0.15, 0.2) is 0 Å². The highest BCUT2D eigenvalue weighted by Crippen LogP contribution is 2.68. The summed E-state index contributed by atoms with van der Waals surface area (Å²) < 4.78 is 0. The van der Waals surface area contributed by atoms with Gasteiger partial charge in [0.05, 0.1) is 6.10 Å². The van der Waals surface area contributed by atoms with E-state index in [-0.39, 0.29) is 11.5 Å². The average molecular weight is 378 g/mol. The van der Waals surface area contributed by atoms with Crippen molar-refractivity contribution in [3.63, 3.8) is 0 Å². The van der Waals surface area contributed by atoms with Crippen molar-refractivity contribution in [3.05, 3.63) is 0 Å². The van der Waals surface area contributed by atoms with Gasteiger partial charge < -0.3 is 15.9 Å². The number of rotatable bonds is 4. The maximum absolute atomic E-state index is 11.5. The van der Waals surface area contributed by atoms with Gasteiger partial charge in [0, 0.05) is 12.6 Å². The molecule has 4 aliphatic carbocycles. The summed E-state index contributed by atoms with van der Waals surface area (Å²) in [5, 5.41) is 20.8. The van der Waals surface area contributed by atoms with Crippen LogP contribution in [0, 0.1) is 46.3 Å². The zero-order valence-corrected chi connectivity index (χ0v) is 17.9. The number of hydrogen-bond donors (Lipinski definition) is 3. The zero-order valence-electron chi connectivity index (χ0n) is 17.9. The second-order valence-electron chi connectivity index (χ2n) is 11.3. The Labute approximate surface area is 166 Å². The van der Waals surface area contributed by atoms with E-state index in [0.29, 0.717) is 41.7 Å². The van der Waals surface area contributed by atoms with Crippen molar-refractivity contribution in [2.45, 2.75) is 97.1 Å². The van der Waals surface area contributed by atoms with Gasteiger partial charge in [0.15, 0.2) is 0 Å². The maximum Gasteiger partial charge on any atom is 0.0602 e. The lowest BCUT2D eigenvalue weighted by Gasteiger charge is -2.62. The van der Waals surface area contributed by atoms with Crippen LogP contribution in [0.1, 0.15) is 85.0 Å². The van der Waals surface area contributed by atoms with E-state index in [4.69, 9.17) is 5.73 Å². The van der Waals surface area contributed by atoms with E-state index in [1.165, 1.54) is 44.9 Å². The minimum atomic E-state index is -0.154. The molecule has 3 heteroatoms. The van der Waals surface area contributed by atoms with Gasteiger partial charge in [0.2, 0.25) is 0 Å². The van der Waals surface area contributed by atoms with Crippen LogP contribution in [-0.4, -0.2) is 29.0 Å². The lowest BCUT2D eigenvalue weighted by molar-refractivity contribution is -0.169. The first-order valence-electron chi connectivity index (χ1n) is 11.9. The molecule has 0 aliphatic heterocycles. The van der Waals surface area contributed by atoms with Crippen molar-refractivity contribution in [2.24, 2.45) is 52.1 Å². The number of hydrogen-bond acceptors (Lipinski definition) is 3. The van der Waals surface area contributed by atoms with Gasteiger partial charge in [0.1, 0.15) is 0 Å². The van der Waals surface area contributed by atoms with Crippen LogP contribution in [0.5, 0.6) is 0 Å². The molecule has 0 bridgehead atoms. The molecule has 4 saturated carbocycles. The first-order valence-corrected chi connectivity index (χ1v) is 11.9. The normalized spacial score (nSPS) is 53.3. The summed E-state index contributed by atoms with van der Waals surface area (Å²) in [4.78, 5) is 0. The molecule has 156 valence electrons. The Bertz CT molecular complexity index is 538. The van der Waals surface area contributed by atoms with Crippen LogP contribution in [-0.2, 0) is 0 Å². The molecule has 3 nitrogen and oxygen atoms in total. The second-order valence-corrected chi connectivity index (χ2v) is 11.3. The summed E-state index contributed by atoms with van der Waals surface area (Å²) >= 11 is 0. The van der Waals surface area contributed by atoms with Crippen molar-refractivity contribution in [1.82, 2.24) is 0 Å². The third-order valence-electron chi connectivity index (χ3n) is 10.4.